The lowest BCUT2D eigenvalue weighted by Crippen LogP contribution is -2.45. The molecule has 4 aliphatic rings. The minimum atomic E-state index is -1.09. The molecule has 0 radical (unpaired) electrons. The van der Waals surface area contributed by atoms with Crippen molar-refractivity contribution in [2.75, 3.05) is 0 Å². The summed E-state index contributed by atoms with van der Waals surface area (Å²) in [4.78, 5) is 13.7. The second kappa shape index (κ2) is 5.72. The summed E-state index contributed by atoms with van der Waals surface area (Å²) < 4.78 is 6.27. The monoisotopic (exact) mass is 375 g/mol. The van der Waals surface area contributed by atoms with E-state index in [1.54, 1.807) is 0 Å². The van der Waals surface area contributed by atoms with E-state index in [1.807, 2.05) is 18.2 Å². The van der Waals surface area contributed by atoms with Crippen LogP contribution in [0, 0.1) is 45.3 Å². The molecular formula is C25H29NO2. The number of hydrogen-bond donors (Lipinski definition) is 0. The molecule has 28 heavy (non-hydrogen) atoms. The highest BCUT2D eigenvalue weighted by atomic mass is 16.5. The third-order valence-corrected chi connectivity index (χ3v) is 9.26. The number of ether oxygens (including phenoxy) is 1. The van der Waals surface area contributed by atoms with Gasteiger partial charge in [-0.25, -0.2) is 0 Å². The highest BCUT2D eigenvalue weighted by Crippen LogP contribution is 2.67. The Morgan fingerprint density at radius 2 is 1.89 bits per heavy atom. The van der Waals surface area contributed by atoms with Crippen molar-refractivity contribution in [2.24, 2.45) is 34.0 Å². The number of carbonyl (C=O) groups excluding carboxylic acids is 1. The van der Waals surface area contributed by atoms with Crippen molar-refractivity contribution in [1.82, 2.24) is 0 Å². The fourth-order valence-electron chi connectivity index (χ4n) is 7.06. The van der Waals surface area contributed by atoms with E-state index in [1.165, 1.54) is 6.42 Å². The Labute approximate surface area is 167 Å². The Kier molecular flexibility index (Phi) is 3.67. The van der Waals surface area contributed by atoms with Crippen LogP contribution in [0.15, 0.2) is 42.5 Å². The predicted octanol–water partition coefficient (Wildman–Crippen LogP) is 5.24. The molecule has 0 aromatic heterocycles. The normalized spacial score (nSPS) is 44.6. The van der Waals surface area contributed by atoms with Crippen LogP contribution in [-0.2, 0) is 9.53 Å². The summed E-state index contributed by atoms with van der Waals surface area (Å²) in [5, 5.41) is 10.3. The zero-order chi connectivity index (χ0) is 19.7. The third kappa shape index (κ3) is 2.02. The Hall–Kier alpha value is -2.08. The van der Waals surface area contributed by atoms with Crippen LogP contribution in [0.2, 0.25) is 0 Å². The van der Waals surface area contributed by atoms with Crippen LogP contribution < -0.4 is 0 Å². The van der Waals surface area contributed by atoms with E-state index in [-0.39, 0.29) is 40.7 Å². The molecule has 5 rings (SSSR count). The molecule has 4 bridgehead atoms. The fraction of sp³-hybridized carbons (Fsp3) is 0.600. The minimum absolute atomic E-state index is 0.0136. The lowest BCUT2D eigenvalue weighted by molar-refractivity contribution is -0.168. The number of fused-ring (bicyclic) bond motifs is 4. The van der Waals surface area contributed by atoms with Crippen molar-refractivity contribution in [3.8, 4) is 6.07 Å². The standard InChI is InChI=1S/C25H29NO2/c1-23(2)18-11-12-24(23,3)20(14-18)28-22(27)25(15-26)19-10-9-17(13-19)21(25)16-7-5-4-6-8-16/h4-10,17-21H,11-14H2,1-3H3/t17-,18+,19+,20-,21-,24-,25-/m1/s1. The van der Waals surface area contributed by atoms with Gasteiger partial charge in [0.25, 0.3) is 0 Å². The van der Waals surface area contributed by atoms with Crippen LogP contribution >= 0.6 is 0 Å². The second-order valence-electron chi connectivity index (χ2n) is 10.3. The van der Waals surface area contributed by atoms with Crippen LogP contribution in [-0.4, -0.2) is 12.1 Å². The SMILES string of the molecule is CC1(C)[C@H]2CC[C@]1(C)[C@H](OC(=O)[C@@]1(C#N)[C@H](c3ccccc3)[C@@H]3C=C[C@H]1C3)C2. The van der Waals surface area contributed by atoms with E-state index in [9.17, 15) is 10.1 Å². The molecule has 3 nitrogen and oxygen atoms in total. The van der Waals surface area contributed by atoms with Crippen molar-refractivity contribution in [2.45, 2.75) is 58.5 Å². The number of hydrogen-bond acceptors (Lipinski definition) is 3. The molecule has 3 saturated carbocycles. The summed E-state index contributed by atoms with van der Waals surface area (Å²) in [6, 6.07) is 12.6. The van der Waals surface area contributed by atoms with Gasteiger partial charge in [0, 0.05) is 17.3 Å². The number of nitrogens with zero attached hydrogens (tertiary/aromatic N) is 1. The molecule has 0 aliphatic heterocycles. The molecule has 4 aliphatic carbocycles. The van der Waals surface area contributed by atoms with Gasteiger partial charge in [-0.1, -0.05) is 63.3 Å². The quantitative estimate of drug-likeness (QED) is 0.536. The van der Waals surface area contributed by atoms with Gasteiger partial charge in [-0.05, 0) is 48.5 Å². The molecule has 146 valence electrons. The number of carbonyl (C=O) groups is 1. The van der Waals surface area contributed by atoms with Crippen molar-refractivity contribution < 1.29 is 9.53 Å². The molecular weight excluding hydrogens is 346 g/mol. The Balaban J connectivity index is 1.49. The first kappa shape index (κ1) is 18.0. The fourth-order valence-corrected chi connectivity index (χ4v) is 7.06. The maximum Gasteiger partial charge on any atom is 0.328 e. The van der Waals surface area contributed by atoms with Gasteiger partial charge < -0.3 is 4.74 Å². The van der Waals surface area contributed by atoms with Gasteiger partial charge in [0.15, 0.2) is 5.41 Å². The van der Waals surface area contributed by atoms with Crippen molar-refractivity contribution in [3.05, 3.63) is 48.0 Å². The van der Waals surface area contributed by atoms with Crippen LogP contribution in [0.25, 0.3) is 0 Å². The van der Waals surface area contributed by atoms with Gasteiger partial charge in [-0.15, -0.1) is 0 Å². The van der Waals surface area contributed by atoms with Crippen LogP contribution in [0.5, 0.6) is 0 Å². The molecule has 0 N–H and O–H groups in total. The summed E-state index contributed by atoms with van der Waals surface area (Å²) >= 11 is 0. The van der Waals surface area contributed by atoms with Gasteiger partial charge >= 0.3 is 5.97 Å². The van der Waals surface area contributed by atoms with E-state index in [2.05, 4.69) is 51.1 Å². The predicted molar refractivity (Wildman–Crippen MR) is 107 cm³/mol. The molecule has 3 fully saturated rings. The van der Waals surface area contributed by atoms with Crippen molar-refractivity contribution >= 4 is 5.97 Å². The molecule has 0 amide bonds. The Morgan fingerprint density at radius 3 is 2.50 bits per heavy atom. The first-order chi connectivity index (χ1) is 13.3. The summed E-state index contributed by atoms with van der Waals surface area (Å²) in [6.45, 7) is 6.93. The number of esters is 1. The van der Waals surface area contributed by atoms with E-state index in [0.717, 1.165) is 24.8 Å². The third-order valence-electron chi connectivity index (χ3n) is 9.26. The molecule has 0 heterocycles. The van der Waals surface area contributed by atoms with E-state index in [4.69, 9.17) is 4.74 Å². The molecule has 0 saturated heterocycles. The van der Waals surface area contributed by atoms with Crippen LogP contribution in [0.3, 0.4) is 0 Å². The minimum Gasteiger partial charge on any atom is -0.461 e. The number of benzene rings is 1. The lowest BCUT2D eigenvalue weighted by Gasteiger charge is -2.41. The molecule has 1 aromatic rings. The van der Waals surface area contributed by atoms with E-state index >= 15 is 0 Å². The summed E-state index contributed by atoms with van der Waals surface area (Å²) in [6.07, 6.45) is 8.36. The van der Waals surface area contributed by atoms with Gasteiger partial charge in [0.2, 0.25) is 0 Å². The first-order valence-electron chi connectivity index (χ1n) is 10.7. The average molecular weight is 376 g/mol. The summed E-state index contributed by atoms with van der Waals surface area (Å²) in [5.41, 5.74) is 0.186. The number of nitriles is 1. The zero-order valence-electron chi connectivity index (χ0n) is 17.0. The van der Waals surface area contributed by atoms with E-state index < -0.39 is 5.41 Å². The molecule has 0 unspecified atom stereocenters. The van der Waals surface area contributed by atoms with Gasteiger partial charge in [-0.3, -0.25) is 4.79 Å². The van der Waals surface area contributed by atoms with E-state index in [0.29, 0.717) is 5.92 Å². The molecule has 3 heteroatoms. The largest absolute Gasteiger partial charge is 0.461 e. The highest BCUT2D eigenvalue weighted by molar-refractivity contribution is 5.84. The number of rotatable bonds is 3. The maximum absolute atomic E-state index is 13.7. The Morgan fingerprint density at radius 1 is 1.14 bits per heavy atom. The van der Waals surface area contributed by atoms with Crippen molar-refractivity contribution in [1.29, 1.82) is 5.26 Å². The first-order valence-corrected chi connectivity index (χ1v) is 10.7. The van der Waals surface area contributed by atoms with Crippen LogP contribution in [0.1, 0.15) is 57.9 Å². The average Bonchev–Trinajstić information content (AvgIpc) is 3.39. The lowest BCUT2D eigenvalue weighted by atomic mass is 9.66. The van der Waals surface area contributed by atoms with Gasteiger partial charge in [-0.2, -0.15) is 5.26 Å². The smallest absolute Gasteiger partial charge is 0.328 e. The maximum atomic E-state index is 13.7. The Bertz CT molecular complexity index is 882. The molecule has 1 aromatic carbocycles. The second-order valence-corrected chi connectivity index (χ2v) is 10.3. The van der Waals surface area contributed by atoms with Crippen molar-refractivity contribution in [3.63, 3.8) is 0 Å². The van der Waals surface area contributed by atoms with Crippen LogP contribution in [0.4, 0.5) is 0 Å². The molecule has 0 spiro atoms. The van der Waals surface area contributed by atoms with Gasteiger partial charge in [0.1, 0.15) is 6.10 Å². The zero-order valence-corrected chi connectivity index (χ0v) is 17.0. The summed E-state index contributed by atoms with van der Waals surface area (Å²) in [5.74, 6) is 0.417. The number of allylic oxidation sites excluding steroid dienone is 2. The summed E-state index contributed by atoms with van der Waals surface area (Å²) in [7, 11) is 0. The van der Waals surface area contributed by atoms with Gasteiger partial charge in [0.05, 0.1) is 6.07 Å². The topological polar surface area (TPSA) is 50.1 Å². The highest BCUT2D eigenvalue weighted by Gasteiger charge is 2.66. The molecule has 7 atom stereocenters.